The molecule has 0 atom stereocenters. The maximum atomic E-state index is 12.7. The quantitative estimate of drug-likeness (QED) is 0.491. The summed E-state index contributed by atoms with van der Waals surface area (Å²) < 4.78 is 26.1. The van der Waals surface area contributed by atoms with Crippen molar-refractivity contribution in [2.45, 2.75) is 12.8 Å². The Balaban J connectivity index is 3.18. The molecule has 0 aliphatic carbocycles. The zero-order chi connectivity index (χ0) is 10.1. The van der Waals surface area contributed by atoms with Crippen LogP contribution in [0.4, 0.5) is 8.78 Å². The Morgan fingerprint density at radius 2 is 2.08 bits per heavy atom. The van der Waals surface area contributed by atoms with E-state index in [2.05, 4.69) is 0 Å². The highest BCUT2D eigenvalue weighted by atomic mass is 19.3. The Morgan fingerprint density at radius 1 is 1.46 bits per heavy atom. The van der Waals surface area contributed by atoms with Gasteiger partial charge in [-0.05, 0) is 12.1 Å². The number of hydrogen-bond donors (Lipinski definition) is 2. The molecule has 1 aromatic heterocycles. The first-order chi connectivity index (χ1) is 5.93. The topological polar surface area (TPSA) is 52.6 Å². The highest BCUT2D eigenvalue weighted by Gasteiger charge is 2.29. The maximum absolute atomic E-state index is 12.7. The third-order valence-corrected chi connectivity index (χ3v) is 1.52. The number of pyridine rings is 1. The zero-order valence-electron chi connectivity index (χ0n) is 7.01. The van der Waals surface area contributed by atoms with Crippen LogP contribution < -0.4 is 5.49 Å². The van der Waals surface area contributed by atoms with E-state index < -0.39 is 11.8 Å². The average Bonchev–Trinajstić information content (AvgIpc) is 2.02. The van der Waals surface area contributed by atoms with Gasteiger partial charge in [-0.25, -0.2) is 0 Å². The second-order valence-electron chi connectivity index (χ2n) is 2.69. The van der Waals surface area contributed by atoms with Gasteiger partial charge >= 0.3 is 5.92 Å². The van der Waals surface area contributed by atoms with Gasteiger partial charge in [-0.3, -0.25) is 15.4 Å². The SMILES string of the molecule is CC(F)(F)C(=N)n1ccccc1=N. The molecule has 5 heteroatoms. The fourth-order valence-electron chi connectivity index (χ4n) is 0.850. The Bertz CT molecular complexity index is 375. The lowest BCUT2D eigenvalue weighted by molar-refractivity contribution is 0.0951. The van der Waals surface area contributed by atoms with Crippen LogP contribution in [0.2, 0.25) is 0 Å². The first kappa shape index (κ1) is 9.57. The minimum atomic E-state index is -3.22. The van der Waals surface area contributed by atoms with Crippen molar-refractivity contribution in [1.82, 2.24) is 4.57 Å². The predicted molar refractivity (Wildman–Crippen MR) is 44.0 cm³/mol. The normalized spacial score (nSPS) is 11.3. The van der Waals surface area contributed by atoms with Crippen molar-refractivity contribution < 1.29 is 8.78 Å². The molecule has 13 heavy (non-hydrogen) atoms. The lowest BCUT2D eigenvalue weighted by Gasteiger charge is -2.13. The summed E-state index contributed by atoms with van der Waals surface area (Å²) in [6, 6.07) is 4.40. The summed E-state index contributed by atoms with van der Waals surface area (Å²) in [5, 5.41) is 14.4. The van der Waals surface area contributed by atoms with Crippen LogP contribution in [-0.4, -0.2) is 16.3 Å². The number of nitrogens with one attached hydrogen (secondary N) is 2. The summed E-state index contributed by atoms with van der Waals surface area (Å²) >= 11 is 0. The van der Waals surface area contributed by atoms with Gasteiger partial charge in [0.05, 0.1) is 0 Å². The van der Waals surface area contributed by atoms with Crippen LogP contribution >= 0.6 is 0 Å². The lowest BCUT2D eigenvalue weighted by Crippen LogP contribution is -2.36. The van der Waals surface area contributed by atoms with Crippen molar-refractivity contribution in [3.8, 4) is 0 Å². The van der Waals surface area contributed by atoms with Crippen molar-refractivity contribution in [2.75, 3.05) is 0 Å². The first-order valence-electron chi connectivity index (χ1n) is 3.62. The number of halogens is 2. The van der Waals surface area contributed by atoms with Crippen LogP contribution in [0.5, 0.6) is 0 Å². The monoisotopic (exact) mass is 185 g/mol. The molecule has 0 radical (unpaired) electrons. The summed E-state index contributed by atoms with van der Waals surface area (Å²) in [5.41, 5.74) is -0.131. The molecule has 70 valence electrons. The van der Waals surface area contributed by atoms with Gasteiger partial charge in [-0.2, -0.15) is 8.78 Å². The van der Waals surface area contributed by atoms with Gasteiger partial charge in [0.15, 0.2) is 5.84 Å². The van der Waals surface area contributed by atoms with Crippen molar-refractivity contribution in [2.24, 2.45) is 0 Å². The van der Waals surface area contributed by atoms with E-state index in [0.29, 0.717) is 6.92 Å². The lowest BCUT2D eigenvalue weighted by atomic mass is 10.3. The second-order valence-corrected chi connectivity index (χ2v) is 2.69. The smallest absolute Gasteiger partial charge is 0.285 e. The molecule has 0 bridgehead atoms. The Labute approximate surface area is 73.7 Å². The van der Waals surface area contributed by atoms with E-state index in [0.717, 1.165) is 4.57 Å². The van der Waals surface area contributed by atoms with Gasteiger partial charge in [0.1, 0.15) is 5.49 Å². The predicted octanol–water partition coefficient (Wildman–Crippen LogP) is 1.45. The minimum absolute atomic E-state index is 0.131. The molecule has 0 amide bonds. The molecule has 0 unspecified atom stereocenters. The maximum Gasteiger partial charge on any atom is 0.301 e. The van der Waals surface area contributed by atoms with E-state index in [1.54, 1.807) is 6.07 Å². The number of nitrogens with zero attached hydrogens (tertiary/aromatic N) is 1. The van der Waals surface area contributed by atoms with Crippen LogP contribution in [0.3, 0.4) is 0 Å². The van der Waals surface area contributed by atoms with Crippen LogP contribution in [-0.2, 0) is 0 Å². The van der Waals surface area contributed by atoms with Crippen LogP contribution in [0.25, 0.3) is 0 Å². The molecule has 0 aliphatic rings. The molecule has 2 N–H and O–H groups in total. The first-order valence-corrected chi connectivity index (χ1v) is 3.62. The summed E-state index contributed by atoms with van der Waals surface area (Å²) in [4.78, 5) is 0. The molecule has 0 fully saturated rings. The standard InChI is InChI=1S/C8H9F2N3/c1-8(9,10)7(12)13-5-3-2-4-6(13)11/h2-5,11-12H,1H3. The fourth-order valence-corrected chi connectivity index (χ4v) is 0.850. The van der Waals surface area contributed by atoms with Gasteiger partial charge in [0.2, 0.25) is 0 Å². The van der Waals surface area contributed by atoms with Crippen molar-refractivity contribution >= 4 is 5.84 Å². The van der Waals surface area contributed by atoms with Crippen LogP contribution in [0, 0.1) is 10.8 Å². The Kier molecular flexibility index (Phi) is 2.27. The highest BCUT2D eigenvalue weighted by molar-refractivity contribution is 5.87. The van der Waals surface area contributed by atoms with E-state index in [4.69, 9.17) is 10.8 Å². The van der Waals surface area contributed by atoms with Crippen molar-refractivity contribution in [3.63, 3.8) is 0 Å². The Hall–Kier alpha value is -1.52. The number of rotatable bonds is 1. The van der Waals surface area contributed by atoms with E-state index >= 15 is 0 Å². The second kappa shape index (κ2) is 3.08. The largest absolute Gasteiger partial charge is 0.301 e. The number of aromatic nitrogens is 1. The van der Waals surface area contributed by atoms with Gasteiger partial charge in [-0.1, -0.05) is 6.07 Å². The van der Waals surface area contributed by atoms with Crippen LogP contribution in [0.1, 0.15) is 6.92 Å². The van der Waals surface area contributed by atoms with E-state index in [9.17, 15) is 8.78 Å². The molecule has 1 aromatic rings. The summed E-state index contributed by atoms with van der Waals surface area (Å²) in [5.74, 6) is -4.11. The third kappa shape index (κ3) is 1.99. The Morgan fingerprint density at radius 3 is 2.54 bits per heavy atom. The fraction of sp³-hybridized carbons (Fsp3) is 0.250. The third-order valence-electron chi connectivity index (χ3n) is 1.52. The summed E-state index contributed by atoms with van der Waals surface area (Å²) in [6.45, 7) is 0.634. The van der Waals surface area contributed by atoms with Crippen molar-refractivity contribution in [3.05, 3.63) is 29.9 Å². The van der Waals surface area contributed by atoms with Crippen molar-refractivity contribution in [1.29, 1.82) is 10.8 Å². The molecule has 0 saturated heterocycles. The molecule has 1 rings (SSSR count). The average molecular weight is 185 g/mol. The minimum Gasteiger partial charge on any atom is -0.285 e. The van der Waals surface area contributed by atoms with Crippen LogP contribution in [0.15, 0.2) is 24.4 Å². The number of alkyl halides is 2. The van der Waals surface area contributed by atoms with E-state index in [-0.39, 0.29) is 5.49 Å². The molecule has 3 nitrogen and oxygen atoms in total. The molecule has 0 aromatic carbocycles. The summed E-state index contributed by atoms with van der Waals surface area (Å²) in [6.07, 6.45) is 1.27. The van der Waals surface area contributed by atoms with Gasteiger partial charge in [0.25, 0.3) is 0 Å². The summed E-state index contributed by atoms with van der Waals surface area (Å²) in [7, 11) is 0. The molecular formula is C8H9F2N3. The van der Waals surface area contributed by atoms with Gasteiger partial charge in [0, 0.05) is 13.1 Å². The van der Waals surface area contributed by atoms with E-state index in [1.807, 2.05) is 0 Å². The van der Waals surface area contributed by atoms with Gasteiger partial charge < -0.3 is 0 Å². The molecule has 0 saturated carbocycles. The van der Waals surface area contributed by atoms with Gasteiger partial charge in [-0.15, -0.1) is 0 Å². The number of hydrogen-bond acceptors (Lipinski definition) is 2. The molecule has 1 heterocycles. The molecule has 0 spiro atoms. The zero-order valence-corrected chi connectivity index (χ0v) is 7.01. The molecular weight excluding hydrogens is 176 g/mol. The highest BCUT2D eigenvalue weighted by Crippen LogP contribution is 2.13. The molecule has 0 aliphatic heterocycles. The van der Waals surface area contributed by atoms with E-state index in [1.165, 1.54) is 18.3 Å².